The van der Waals surface area contributed by atoms with Gasteiger partial charge in [0.05, 0.1) is 0 Å². The molecule has 0 aliphatic rings. The first-order chi connectivity index (χ1) is 10.3. The van der Waals surface area contributed by atoms with Gasteiger partial charge in [-0.15, -0.1) is 0 Å². The molecule has 2 aromatic carbocycles. The van der Waals surface area contributed by atoms with E-state index < -0.39 is 0 Å². The van der Waals surface area contributed by atoms with Gasteiger partial charge in [0.2, 0.25) is 17.2 Å². The lowest BCUT2D eigenvalue weighted by Crippen LogP contribution is -2.07. The summed E-state index contributed by atoms with van der Waals surface area (Å²) in [6.45, 7) is 0.616. The van der Waals surface area contributed by atoms with E-state index in [4.69, 9.17) is 11.6 Å². The number of hydrogen-bond acceptors (Lipinski definition) is 5. The van der Waals surface area contributed by atoms with E-state index in [0.717, 1.165) is 0 Å². The summed E-state index contributed by atoms with van der Waals surface area (Å²) in [5.74, 6) is 0.891. The number of benzene rings is 2. The van der Waals surface area contributed by atoms with Crippen LogP contribution in [0.4, 0.5) is 11.9 Å². The largest absolute Gasteiger partial charge is 0.357 e. The van der Waals surface area contributed by atoms with Crippen molar-refractivity contribution in [2.24, 2.45) is 0 Å². The van der Waals surface area contributed by atoms with Crippen molar-refractivity contribution in [3.8, 4) is 0 Å². The Kier molecular flexibility index (Phi) is 3.83. The van der Waals surface area contributed by atoms with Crippen LogP contribution in [-0.2, 0) is 6.54 Å². The van der Waals surface area contributed by atoms with E-state index in [9.17, 15) is 0 Å². The maximum atomic E-state index is 5.86. The topological polar surface area (TPSA) is 62.7 Å². The van der Waals surface area contributed by atoms with Crippen molar-refractivity contribution >= 4 is 34.3 Å². The van der Waals surface area contributed by atoms with Gasteiger partial charge in [0, 0.05) is 13.6 Å². The van der Waals surface area contributed by atoms with Crippen molar-refractivity contribution in [1.82, 2.24) is 15.0 Å². The SMILES string of the molecule is CNc1nc(Cl)nc(NCc2cccc3ccccc23)n1. The van der Waals surface area contributed by atoms with Gasteiger partial charge in [-0.25, -0.2) is 0 Å². The molecule has 2 N–H and O–H groups in total. The van der Waals surface area contributed by atoms with Crippen LogP contribution in [0.5, 0.6) is 0 Å². The molecule has 6 heteroatoms. The fraction of sp³-hybridized carbons (Fsp3) is 0.133. The molecule has 0 radical (unpaired) electrons. The lowest BCUT2D eigenvalue weighted by atomic mass is 10.0. The standard InChI is InChI=1S/C15H14ClN5/c1-17-14-19-13(16)20-15(21-14)18-9-11-7-4-6-10-5-2-3-8-12(10)11/h2-8H,9H2,1H3,(H2,17,18,19,20,21). The third-order valence-electron chi connectivity index (χ3n) is 3.15. The minimum absolute atomic E-state index is 0.162. The van der Waals surface area contributed by atoms with E-state index >= 15 is 0 Å². The molecule has 0 saturated carbocycles. The highest BCUT2D eigenvalue weighted by atomic mass is 35.5. The van der Waals surface area contributed by atoms with Gasteiger partial charge in [0.15, 0.2) is 0 Å². The second-order valence-electron chi connectivity index (χ2n) is 4.49. The van der Waals surface area contributed by atoms with Crippen LogP contribution in [0.2, 0.25) is 5.28 Å². The Morgan fingerprint density at radius 3 is 2.57 bits per heavy atom. The van der Waals surface area contributed by atoms with Crippen LogP contribution < -0.4 is 10.6 Å². The Bertz CT molecular complexity index is 770. The molecule has 1 heterocycles. The molecule has 0 bridgehead atoms. The van der Waals surface area contributed by atoms with Gasteiger partial charge in [-0.3, -0.25) is 0 Å². The van der Waals surface area contributed by atoms with E-state index in [1.807, 2.05) is 18.2 Å². The molecule has 21 heavy (non-hydrogen) atoms. The van der Waals surface area contributed by atoms with Gasteiger partial charge >= 0.3 is 0 Å². The lowest BCUT2D eigenvalue weighted by molar-refractivity contribution is 1.01. The average Bonchev–Trinajstić information content (AvgIpc) is 2.52. The van der Waals surface area contributed by atoms with Crippen LogP contribution in [0.15, 0.2) is 42.5 Å². The molecule has 0 saturated heterocycles. The highest BCUT2D eigenvalue weighted by Crippen LogP contribution is 2.19. The summed E-state index contributed by atoms with van der Waals surface area (Å²) in [5, 5.41) is 8.61. The molecular weight excluding hydrogens is 286 g/mol. The maximum Gasteiger partial charge on any atom is 0.229 e. The van der Waals surface area contributed by atoms with E-state index in [1.54, 1.807) is 7.05 Å². The van der Waals surface area contributed by atoms with Crippen LogP contribution in [0.3, 0.4) is 0 Å². The fourth-order valence-corrected chi connectivity index (χ4v) is 2.32. The zero-order valence-electron chi connectivity index (χ0n) is 11.5. The maximum absolute atomic E-state index is 5.86. The van der Waals surface area contributed by atoms with Crippen LogP contribution in [-0.4, -0.2) is 22.0 Å². The third-order valence-corrected chi connectivity index (χ3v) is 3.32. The zero-order chi connectivity index (χ0) is 14.7. The second kappa shape index (κ2) is 5.93. The van der Waals surface area contributed by atoms with Crippen molar-refractivity contribution in [2.45, 2.75) is 6.54 Å². The normalized spacial score (nSPS) is 10.6. The Morgan fingerprint density at radius 2 is 1.71 bits per heavy atom. The van der Waals surface area contributed by atoms with E-state index in [1.165, 1.54) is 16.3 Å². The molecule has 0 spiro atoms. The highest BCUT2D eigenvalue weighted by Gasteiger charge is 2.05. The Labute approximate surface area is 127 Å². The summed E-state index contributed by atoms with van der Waals surface area (Å²) < 4.78 is 0. The van der Waals surface area contributed by atoms with Gasteiger partial charge in [0.25, 0.3) is 0 Å². The molecule has 3 rings (SSSR count). The van der Waals surface area contributed by atoms with Crippen molar-refractivity contribution in [2.75, 3.05) is 17.7 Å². The van der Waals surface area contributed by atoms with E-state index in [0.29, 0.717) is 18.4 Å². The van der Waals surface area contributed by atoms with Gasteiger partial charge < -0.3 is 10.6 Å². The molecule has 0 unspecified atom stereocenters. The first kappa shape index (κ1) is 13.6. The Morgan fingerprint density at radius 1 is 0.952 bits per heavy atom. The molecule has 0 aliphatic carbocycles. The number of rotatable bonds is 4. The first-order valence-corrected chi connectivity index (χ1v) is 6.94. The minimum atomic E-state index is 0.162. The van der Waals surface area contributed by atoms with Crippen molar-refractivity contribution in [1.29, 1.82) is 0 Å². The van der Waals surface area contributed by atoms with Gasteiger partial charge in [-0.05, 0) is 27.9 Å². The molecule has 0 aliphatic heterocycles. The Balaban J connectivity index is 1.85. The highest BCUT2D eigenvalue weighted by molar-refractivity contribution is 6.28. The summed E-state index contributed by atoms with van der Waals surface area (Å²) in [7, 11) is 1.74. The summed E-state index contributed by atoms with van der Waals surface area (Å²) in [6, 6.07) is 14.5. The molecule has 5 nitrogen and oxygen atoms in total. The van der Waals surface area contributed by atoms with Crippen LogP contribution in [0, 0.1) is 0 Å². The summed E-state index contributed by atoms with van der Waals surface area (Å²) >= 11 is 5.86. The molecule has 3 aromatic rings. The lowest BCUT2D eigenvalue weighted by Gasteiger charge is -2.09. The van der Waals surface area contributed by atoms with Crippen LogP contribution in [0.25, 0.3) is 10.8 Å². The predicted molar refractivity (Wildman–Crippen MR) is 85.7 cm³/mol. The number of aromatic nitrogens is 3. The number of nitrogens with zero attached hydrogens (tertiary/aromatic N) is 3. The smallest absolute Gasteiger partial charge is 0.229 e. The average molecular weight is 300 g/mol. The molecule has 1 aromatic heterocycles. The molecule has 0 fully saturated rings. The van der Waals surface area contributed by atoms with Crippen molar-refractivity contribution in [3.05, 3.63) is 53.3 Å². The van der Waals surface area contributed by atoms with Crippen LogP contribution >= 0.6 is 11.6 Å². The number of halogens is 1. The van der Waals surface area contributed by atoms with Crippen molar-refractivity contribution in [3.63, 3.8) is 0 Å². The van der Waals surface area contributed by atoms with Gasteiger partial charge in [0.1, 0.15) is 0 Å². The fourth-order valence-electron chi connectivity index (χ4n) is 2.16. The summed E-state index contributed by atoms with van der Waals surface area (Å²) in [4.78, 5) is 12.2. The van der Waals surface area contributed by atoms with E-state index in [-0.39, 0.29) is 5.28 Å². The van der Waals surface area contributed by atoms with Gasteiger partial charge in [-0.1, -0.05) is 42.5 Å². The number of fused-ring (bicyclic) bond motifs is 1. The number of hydrogen-bond donors (Lipinski definition) is 2. The first-order valence-electron chi connectivity index (χ1n) is 6.56. The number of nitrogens with one attached hydrogen (secondary N) is 2. The third kappa shape index (κ3) is 3.03. The molecular formula is C15H14ClN5. The van der Waals surface area contributed by atoms with Crippen molar-refractivity contribution < 1.29 is 0 Å². The molecule has 0 amide bonds. The van der Waals surface area contributed by atoms with Crippen LogP contribution in [0.1, 0.15) is 5.56 Å². The quantitative estimate of drug-likeness (QED) is 0.773. The van der Waals surface area contributed by atoms with E-state index in [2.05, 4.69) is 49.9 Å². The molecule has 0 atom stereocenters. The minimum Gasteiger partial charge on any atom is -0.357 e. The zero-order valence-corrected chi connectivity index (χ0v) is 12.2. The number of anilines is 2. The van der Waals surface area contributed by atoms with Gasteiger partial charge in [-0.2, -0.15) is 15.0 Å². The summed E-state index contributed by atoms with van der Waals surface area (Å²) in [5.41, 5.74) is 1.18. The Hall–Kier alpha value is -2.40. The monoisotopic (exact) mass is 299 g/mol. The summed E-state index contributed by atoms with van der Waals surface area (Å²) in [6.07, 6.45) is 0. The predicted octanol–water partition coefficient (Wildman–Crippen LogP) is 3.33. The second-order valence-corrected chi connectivity index (χ2v) is 4.83. The molecule has 106 valence electrons.